The van der Waals surface area contributed by atoms with Gasteiger partial charge in [-0.05, 0) is 76.3 Å². The Kier molecular flexibility index (Phi) is 3.67. The zero-order valence-electron chi connectivity index (χ0n) is 12.2. The number of nitrogens with two attached hydrogens (primary N) is 1. The van der Waals surface area contributed by atoms with E-state index in [2.05, 4.69) is 50.8 Å². The van der Waals surface area contributed by atoms with Crippen LogP contribution in [0.2, 0.25) is 0 Å². The van der Waals surface area contributed by atoms with Gasteiger partial charge in [0.1, 0.15) is 0 Å². The van der Waals surface area contributed by atoms with E-state index in [1.54, 1.807) is 0 Å². The highest BCUT2D eigenvalue weighted by Crippen LogP contribution is 2.35. The Hall–Kier alpha value is -1.02. The molecule has 2 N–H and O–H groups in total. The third-order valence-electron chi connectivity index (χ3n) is 4.47. The smallest absolute Gasteiger partial charge is 0.0373 e. The Morgan fingerprint density at radius 2 is 2.00 bits per heavy atom. The van der Waals surface area contributed by atoms with Crippen LogP contribution in [0.5, 0.6) is 0 Å². The lowest BCUT2D eigenvalue weighted by Crippen LogP contribution is -2.51. The summed E-state index contributed by atoms with van der Waals surface area (Å²) >= 11 is 0. The number of anilines is 1. The van der Waals surface area contributed by atoms with Crippen LogP contribution in [-0.2, 0) is 0 Å². The minimum absolute atomic E-state index is 0.243. The highest BCUT2D eigenvalue weighted by molar-refractivity contribution is 5.53. The molecule has 1 heterocycles. The molecule has 100 valence electrons. The average molecular weight is 246 g/mol. The van der Waals surface area contributed by atoms with Crippen LogP contribution in [0.15, 0.2) is 18.2 Å². The van der Waals surface area contributed by atoms with Crippen LogP contribution < -0.4 is 10.6 Å². The van der Waals surface area contributed by atoms with Crippen molar-refractivity contribution in [1.82, 2.24) is 0 Å². The Bertz CT molecular complexity index is 423. The molecule has 18 heavy (non-hydrogen) atoms. The summed E-state index contributed by atoms with van der Waals surface area (Å²) in [5.41, 5.74) is 10.2. The zero-order valence-corrected chi connectivity index (χ0v) is 12.2. The lowest BCUT2D eigenvalue weighted by Gasteiger charge is -2.47. The van der Waals surface area contributed by atoms with E-state index >= 15 is 0 Å². The molecular weight excluding hydrogens is 220 g/mol. The van der Waals surface area contributed by atoms with Crippen molar-refractivity contribution in [3.05, 3.63) is 29.3 Å². The van der Waals surface area contributed by atoms with Crippen LogP contribution >= 0.6 is 0 Å². The molecule has 0 saturated carbocycles. The number of hydrogen-bond acceptors (Lipinski definition) is 2. The summed E-state index contributed by atoms with van der Waals surface area (Å²) in [7, 11) is 0. The normalized spacial score (nSPS) is 23.2. The number of rotatable bonds is 2. The van der Waals surface area contributed by atoms with Gasteiger partial charge in [0, 0.05) is 17.8 Å². The van der Waals surface area contributed by atoms with E-state index in [9.17, 15) is 0 Å². The monoisotopic (exact) mass is 246 g/mol. The molecule has 0 radical (unpaired) electrons. The molecule has 0 aromatic heterocycles. The van der Waals surface area contributed by atoms with Crippen molar-refractivity contribution in [2.24, 2.45) is 11.7 Å². The minimum Gasteiger partial charge on any atom is -0.366 e. The maximum atomic E-state index is 5.86. The molecule has 1 aliphatic heterocycles. The van der Waals surface area contributed by atoms with Gasteiger partial charge >= 0.3 is 0 Å². The minimum atomic E-state index is 0.243. The molecule has 0 aliphatic carbocycles. The topological polar surface area (TPSA) is 29.3 Å². The van der Waals surface area contributed by atoms with Crippen molar-refractivity contribution < 1.29 is 0 Å². The molecular formula is C16H26N2. The van der Waals surface area contributed by atoms with Crippen molar-refractivity contribution in [3.8, 4) is 0 Å². The maximum Gasteiger partial charge on any atom is 0.0373 e. The molecule has 0 bridgehead atoms. The van der Waals surface area contributed by atoms with E-state index in [4.69, 9.17) is 5.73 Å². The molecule has 2 rings (SSSR count). The average Bonchev–Trinajstić information content (AvgIpc) is 2.33. The fourth-order valence-electron chi connectivity index (χ4n) is 2.83. The second-order valence-corrected chi connectivity index (χ2v) is 6.33. The summed E-state index contributed by atoms with van der Waals surface area (Å²) in [6.45, 7) is 10.9. The van der Waals surface area contributed by atoms with E-state index in [1.807, 2.05) is 0 Å². The quantitative estimate of drug-likeness (QED) is 0.868. The molecule has 0 amide bonds. The number of nitrogens with zero attached hydrogens (tertiary/aromatic N) is 1. The fraction of sp³-hybridized carbons (Fsp3) is 0.625. The lowest BCUT2D eigenvalue weighted by molar-refractivity contribution is 0.295. The molecule has 1 atom stereocenters. The molecule has 1 unspecified atom stereocenters. The molecule has 1 fully saturated rings. The van der Waals surface area contributed by atoms with Gasteiger partial charge in [-0.25, -0.2) is 0 Å². The third-order valence-corrected chi connectivity index (χ3v) is 4.47. The number of piperidine rings is 1. The van der Waals surface area contributed by atoms with Crippen molar-refractivity contribution in [2.45, 2.75) is 46.1 Å². The van der Waals surface area contributed by atoms with Gasteiger partial charge in [-0.3, -0.25) is 0 Å². The molecule has 2 nitrogen and oxygen atoms in total. The van der Waals surface area contributed by atoms with Gasteiger partial charge in [0.05, 0.1) is 0 Å². The van der Waals surface area contributed by atoms with Crippen LogP contribution in [0, 0.1) is 19.8 Å². The molecule has 1 saturated heterocycles. The van der Waals surface area contributed by atoms with Crippen molar-refractivity contribution in [3.63, 3.8) is 0 Å². The first-order valence-electron chi connectivity index (χ1n) is 6.99. The molecule has 0 spiro atoms. The number of aryl methyl sites for hydroxylation is 2. The maximum absolute atomic E-state index is 5.86. The molecule has 1 aliphatic rings. The first-order valence-corrected chi connectivity index (χ1v) is 6.99. The Labute approximate surface area is 111 Å². The van der Waals surface area contributed by atoms with Crippen LogP contribution in [0.3, 0.4) is 0 Å². The van der Waals surface area contributed by atoms with E-state index in [-0.39, 0.29) is 5.54 Å². The van der Waals surface area contributed by atoms with Crippen LogP contribution in [0.1, 0.15) is 37.8 Å². The molecule has 1 aromatic rings. The second-order valence-electron chi connectivity index (χ2n) is 6.33. The van der Waals surface area contributed by atoms with Crippen LogP contribution in [0.25, 0.3) is 0 Å². The van der Waals surface area contributed by atoms with Crippen molar-refractivity contribution in [2.75, 3.05) is 18.0 Å². The SMILES string of the molecule is Cc1ccc(N2CC(CN)CCC2(C)C)cc1C. The lowest BCUT2D eigenvalue weighted by atomic mass is 9.84. The van der Waals surface area contributed by atoms with Gasteiger partial charge in [0.25, 0.3) is 0 Å². The van der Waals surface area contributed by atoms with Gasteiger partial charge in [-0.15, -0.1) is 0 Å². The standard InChI is InChI=1S/C16H26N2/c1-12-5-6-15(9-13(12)2)18-11-14(10-17)7-8-16(18,3)4/h5-6,9,14H,7-8,10-11,17H2,1-4H3. The van der Waals surface area contributed by atoms with E-state index in [0.29, 0.717) is 5.92 Å². The first-order chi connectivity index (χ1) is 8.44. The Morgan fingerprint density at radius 1 is 1.28 bits per heavy atom. The second kappa shape index (κ2) is 4.93. The highest BCUT2D eigenvalue weighted by Gasteiger charge is 2.33. The highest BCUT2D eigenvalue weighted by atomic mass is 15.2. The van der Waals surface area contributed by atoms with Crippen LogP contribution in [0.4, 0.5) is 5.69 Å². The number of benzene rings is 1. The zero-order chi connectivity index (χ0) is 13.3. The van der Waals surface area contributed by atoms with Crippen LogP contribution in [-0.4, -0.2) is 18.6 Å². The summed E-state index contributed by atoms with van der Waals surface area (Å²) < 4.78 is 0. The predicted octanol–water partition coefficient (Wildman–Crippen LogP) is 3.26. The summed E-state index contributed by atoms with van der Waals surface area (Å²) in [5.74, 6) is 0.639. The Morgan fingerprint density at radius 3 is 2.61 bits per heavy atom. The van der Waals surface area contributed by atoms with Gasteiger partial charge < -0.3 is 10.6 Å². The summed E-state index contributed by atoms with van der Waals surface area (Å²) in [6, 6.07) is 6.80. The van der Waals surface area contributed by atoms with Gasteiger partial charge in [-0.2, -0.15) is 0 Å². The fourth-order valence-corrected chi connectivity index (χ4v) is 2.83. The van der Waals surface area contributed by atoms with Gasteiger partial charge in [-0.1, -0.05) is 6.07 Å². The van der Waals surface area contributed by atoms with E-state index in [0.717, 1.165) is 13.1 Å². The summed E-state index contributed by atoms with van der Waals surface area (Å²) in [6.07, 6.45) is 2.48. The first kappa shape index (κ1) is 13.4. The van der Waals surface area contributed by atoms with Gasteiger partial charge in [0.15, 0.2) is 0 Å². The van der Waals surface area contributed by atoms with E-state index in [1.165, 1.54) is 29.7 Å². The Balaban J connectivity index is 2.30. The molecule has 1 aromatic carbocycles. The predicted molar refractivity (Wildman–Crippen MR) is 79.1 cm³/mol. The molecule has 2 heteroatoms. The summed E-state index contributed by atoms with van der Waals surface area (Å²) in [5, 5.41) is 0. The third kappa shape index (κ3) is 2.54. The number of hydrogen-bond donors (Lipinski definition) is 1. The van der Waals surface area contributed by atoms with Gasteiger partial charge in [0.2, 0.25) is 0 Å². The summed E-state index contributed by atoms with van der Waals surface area (Å²) in [4.78, 5) is 2.54. The van der Waals surface area contributed by atoms with Crippen molar-refractivity contribution >= 4 is 5.69 Å². The van der Waals surface area contributed by atoms with Crippen molar-refractivity contribution in [1.29, 1.82) is 0 Å². The largest absolute Gasteiger partial charge is 0.366 e. The van der Waals surface area contributed by atoms with E-state index < -0.39 is 0 Å².